The molecular formula is C16H24N2O2. The van der Waals surface area contributed by atoms with Gasteiger partial charge in [-0.25, -0.2) is 0 Å². The van der Waals surface area contributed by atoms with E-state index in [4.69, 9.17) is 9.47 Å². The summed E-state index contributed by atoms with van der Waals surface area (Å²) in [6.07, 6.45) is 4.01. The predicted molar refractivity (Wildman–Crippen MR) is 80.7 cm³/mol. The molecule has 1 aromatic carbocycles. The third-order valence-corrected chi connectivity index (χ3v) is 4.71. The molecule has 2 fully saturated rings. The van der Waals surface area contributed by atoms with E-state index in [1.165, 1.54) is 19.3 Å². The topological polar surface area (TPSA) is 42.5 Å². The molecule has 0 radical (unpaired) electrons. The molecule has 1 saturated carbocycles. The van der Waals surface area contributed by atoms with Crippen molar-refractivity contribution < 1.29 is 9.47 Å². The third-order valence-electron chi connectivity index (χ3n) is 4.71. The van der Waals surface area contributed by atoms with Crippen molar-refractivity contribution in [2.75, 3.05) is 32.6 Å². The van der Waals surface area contributed by atoms with Gasteiger partial charge in [-0.05, 0) is 49.9 Å². The molecule has 1 aromatic rings. The van der Waals surface area contributed by atoms with Gasteiger partial charge in [0.2, 0.25) is 0 Å². The molecule has 1 aliphatic heterocycles. The Labute approximate surface area is 120 Å². The van der Waals surface area contributed by atoms with Crippen LogP contribution in [0.3, 0.4) is 0 Å². The van der Waals surface area contributed by atoms with Crippen molar-refractivity contribution in [1.82, 2.24) is 5.32 Å². The molecule has 3 rings (SSSR count). The number of piperidine rings is 1. The molecule has 2 N–H and O–H groups in total. The molecule has 1 aliphatic carbocycles. The van der Waals surface area contributed by atoms with Crippen molar-refractivity contribution in [3.8, 4) is 11.5 Å². The summed E-state index contributed by atoms with van der Waals surface area (Å²) in [4.78, 5) is 0. The summed E-state index contributed by atoms with van der Waals surface area (Å²) in [6.45, 7) is 2.26. The van der Waals surface area contributed by atoms with Crippen LogP contribution in [0.25, 0.3) is 0 Å². The quantitative estimate of drug-likeness (QED) is 0.887. The lowest BCUT2D eigenvalue weighted by atomic mass is 9.74. The van der Waals surface area contributed by atoms with Crippen molar-refractivity contribution in [1.29, 1.82) is 0 Å². The Morgan fingerprint density at radius 2 is 1.85 bits per heavy atom. The Bertz CT molecular complexity index is 442. The van der Waals surface area contributed by atoms with Crippen LogP contribution in [0.2, 0.25) is 0 Å². The molecule has 4 heteroatoms. The number of nitrogens with one attached hydrogen (secondary N) is 2. The van der Waals surface area contributed by atoms with Crippen molar-refractivity contribution in [2.24, 2.45) is 11.8 Å². The average molecular weight is 276 g/mol. The highest BCUT2D eigenvalue weighted by Gasteiger charge is 2.36. The molecular weight excluding hydrogens is 252 g/mol. The summed E-state index contributed by atoms with van der Waals surface area (Å²) in [6, 6.07) is 6.56. The second-order valence-corrected chi connectivity index (χ2v) is 5.85. The fraction of sp³-hybridized carbons (Fsp3) is 0.625. The molecule has 0 spiro atoms. The summed E-state index contributed by atoms with van der Waals surface area (Å²) in [5, 5.41) is 7.29. The molecule has 20 heavy (non-hydrogen) atoms. The van der Waals surface area contributed by atoms with Crippen LogP contribution in [0.1, 0.15) is 19.3 Å². The van der Waals surface area contributed by atoms with Gasteiger partial charge in [-0.2, -0.15) is 0 Å². The summed E-state index contributed by atoms with van der Waals surface area (Å²) in [5.74, 6) is 3.16. The summed E-state index contributed by atoms with van der Waals surface area (Å²) in [7, 11) is 3.39. The summed E-state index contributed by atoms with van der Waals surface area (Å²) >= 11 is 0. The lowest BCUT2D eigenvalue weighted by molar-refractivity contribution is 0.182. The van der Waals surface area contributed by atoms with E-state index >= 15 is 0 Å². The van der Waals surface area contributed by atoms with Gasteiger partial charge in [0.25, 0.3) is 0 Å². The molecule has 1 saturated heterocycles. The van der Waals surface area contributed by atoms with Gasteiger partial charge >= 0.3 is 0 Å². The maximum Gasteiger partial charge on any atom is 0.145 e. The predicted octanol–water partition coefficient (Wildman–Crippen LogP) is 2.50. The first kappa shape index (κ1) is 13.6. The van der Waals surface area contributed by atoms with Crippen LogP contribution in [0, 0.1) is 11.8 Å². The molecule has 3 atom stereocenters. The fourth-order valence-electron chi connectivity index (χ4n) is 3.63. The molecule has 1 heterocycles. The number of hydrogen-bond donors (Lipinski definition) is 2. The fourth-order valence-corrected chi connectivity index (χ4v) is 3.63. The lowest BCUT2D eigenvalue weighted by Crippen LogP contribution is -2.52. The number of rotatable bonds is 4. The lowest BCUT2D eigenvalue weighted by Gasteiger charge is -2.43. The van der Waals surface area contributed by atoms with E-state index in [2.05, 4.69) is 16.7 Å². The zero-order valence-corrected chi connectivity index (χ0v) is 12.3. The van der Waals surface area contributed by atoms with E-state index in [0.29, 0.717) is 6.04 Å². The highest BCUT2D eigenvalue weighted by molar-refractivity contribution is 5.60. The van der Waals surface area contributed by atoms with Crippen LogP contribution in [0.5, 0.6) is 11.5 Å². The van der Waals surface area contributed by atoms with Gasteiger partial charge in [0, 0.05) is 12.1 Å². The number of hydrogen-bond acceptors (Lipinski definition) is 4. The van der Waals surface area contributed by atoms with E-state index in [0.717, 1.165) is 42.1 Å². The van der Waals surface area contributed by atoms with Gasteiger partial charge < -0.3 is 20.1 Å². The van der Waals surface area contributed by atoms with Gasteiger partial charge in [0.1, 0.15) is 11.5 Å². The van der Waals surface area contributed by atoms with E-state index in [9.17, 15) is 0 Å². The van der Waals surface area contributed by atoms with Crippen LogP contribution >= 0.6 is 0 Å². The number of methoxy groups -OCH3 is 2. The van der Waals surface area contributed by atoms with Gasteiger partial charge in [-0.3, -0.25) is 0 Å². The molecule has 1 unspecified atom stereocenters. The second kappa shape index (κ2) is 5.92. The number of ether oxygens (including phenoxy) is 2. The van der Waals surface area contributed by atoms with Crippen molar-refractivity contribution >= 4 is 5.69 Å². The van der Waals surface area contributed by atoms with Crippen molar-refractivity contribution in [2.45, 2.75) is 25.3 Å². The van der Waals surface area contributed by atoms with Crippen LogP contribution in [-0.2, 0) is 0 Å². The zero-order valence-electron chi connectivity index (χ0n) is 12.3. The highest BCUT2D eigenvalue weighted by atomic mass is 16.5. The third kappa shape index (κ3) is 2.57. The van der Waals surface area contributed by atoms with Crippen LogP contribution < -0.4 is 20.1 Å². The van der Waals surface area contributed by atoms with Crippen LogP contribution in [0.4, 0.5) is 5.69 Å². The minimum absolute atomic E-state index is 0.562. The van der Waals surface area contributed by atoms with Gasteiger partial charge in [-0.15, -0.1) is 0 Å². The first-order valence-electron chi connectivity index (χ1n) is 7.51. The molecule has 110 valence electrons. The van der Waals surface area contributed by atoms with E-state index in [-0.39, 0.29) is 0 Å². The maximum absolute atomic E-state index is 5.49. The number of anilines is 1. The molecule has 4 nitrogen and oxygen atoms in total. The normalized spacial score (nSPS) is 28.8. The first-order valence-corrected chi connectivity index (χ1v) is 7.51. The molecule has 0 amide bonds. The van der Waals surface area contributed by atoms with Crippen LogP contribution in [0.15, 0.2) is 18.2 Å². The number of benzene rings is 1. The Morgan fingerprint density at radius 3 is 2.50 bits per heavy atom. The van der Waals surface area contributed by atoms with E-state index in [1.807, 2.05) is 12.1 Å². The van der Waals surface area contributed by atoms with Gasteiger partial charge in [-0.1, -0.05) is 6.42 Å². The highest BCUT2D eigenvalue weighted by Crippen LogP contribution is 2.37. The summed E-state index contributed by atoms with van der Waals surface area (Å²) < 4.78 is 10.8. The Morgan fingerprint density at radius 1 is 1.10 bits per heavy atom. The largest absolute Gasteiger partial charge is 0.497 e. The molecule has 2 aliphatic rings. The Kier molecular flexibility index (Phi) is 4.01. The Hall–Kier alpha value is -1.42. The minimum atomic E-state index is 0.562. The monoisotopic (exact) mass is 276 g/mol. The van der Waals surface area contributed by atoms with Crippen LogP contribution in [-0.4, -0.2) is 33.4 Å². The number of fused-ring (bicyclic) bond motifs is 2. The smallest absolute Gasteiger partial charge is 0.145 e. The average Bonchev–Trinajstić information content (AvgIpc) is 2.47. The second-order valence-electron chi connectivity index (χ2n) is 5.85. The molecule has 0 aromatic heterocycles. The van der Waals surface area contributed by atoms with E-state index in [1.54, 1.807) is 14.2 Å². The van der Waals surface area contributed by atoms with Gasteiger partial charge in [0.05, 0.1) is 19.9 Å². The Balaban J connectivity index is 1.79. The molecule has 2 bridgehead atoms. The van der Waals surface area contributed by atoms with Gasteiger partial charge in [0.15, 0.2) is 0 Å². The minimum Gasteiger partial charge on any atom is -0.497 e. The maximum atomic E-state index is 5.49. The SMILES string of the molecule is COc1ccc(NC2[C@@H]3CCC[C@H]2CNC3)c(OC)c1. The standard InChI is InChI=1S/C16H24N2O2/c1-19-13-6-7-14(15(8-13)20-2)18-16-11-4-3-5-12(16)10-17-9-11/h6-8,11-12,16-18H,3-5,9-10H2,1-2H3/t11-,12+,16?. The van der Waals surface area contributed by atoms with Crippen molar-refractivity contribution in [3.63, 3.8) is 0 Å². The first-order chi connectivity index (χ1) is 9.81. The van der Waals surface area contributed by atoms with Crippen molar-refractivity contribution in [3.05, 3.63) is 18.2 Å². The van der Waals surface area contributed by atoms with E-state index < -0.39 is 0 Å². The zero-order chi connectivity index (χ0) is 13.9. The summed E-state index contributed by atoms with van der Waals surface area (Å²) in [5.41, 5.74) is 1.08.